The number of benzene rings is 1. The van der Waals surface area contributed by atoms with Gasteiger partial charge in [0.05, 0.1) is 7.11 Å². The van der Waals surface area contributed by atoms with Crippen LogP contribution < -0.4 is 10.6 Å². The normalized spacial score (nSPS) is 12.7. The number of esters is 1. The van der Waals surface area contributed by atoms with Crippen molar-refractivity contribution < 1.29 is 23.5 Å². The minimum absolute atomic E-state index is 0.0121. The summed E-state index contributed by atoms with van der Waals surface area (Å²) in [7, 11) is 1.26. The Morgan fingerprint density at radius 2 is 1.78 bits per heavy atom. The van der Waals surface area contributed by atoms with E-state index in [1.807, 2.05) is 0 Å². The molecule has 0 saturated heterocycles. The largest absolute Gasteiger partial charge is 0.467 e. The summed E-state index contributed by atoms with van der Waals surface area (Å²) in [6.07, 6.45) is 4.26. The first kappa shape index (κ1) is 22.6. The Bertz CT molecular complexity index is 636. The summed E-state index contributed by atoms with van der Waals surface area (Å²) in [5, 5.41) is 5.16. The van der Waals surface area contributed by atoms with Crippen LogP contribution in [0.1, 0.15) is 51.5 Å². The highest BCUT2D eigenvalue weighted by Crippen LogP contribution is 2.11. The van der Waals surface area contributed by atoms with Crippen molar-refractivity contribution in [3.8, 4) is 0 Å². The lowest BCUT2D eigenvalue weighted by Crippen LogP contribution is -2.52. The third-order valence-electron chi connectivity index (χ3n) is 4.22. The quantitative estimate of drug-likeness (QED) is 0.456. The van der Waals surface area contributed by atoms with Gasteiger partial charge in [-0.3, -0.25) is 9.59 Å². The van der Waals surface area contributed by atoms with E-state index in [-0.39, 0.29) is 6.42 Å². The number of amides is 2. The lowest BCUT2D eigenvalue weighted by atomic mass is 10.0. The second kappa shape index (κ2) is 12.0. The van der Waals surface area contributed by atoms with Gasteiger partial charge in [0.2, 0.25) is 11.8 Å². The molecule has 0 aromatic heterocycles. The molecule has 0 unspecified atom stereocenters. The average Bonchev–Trinajstić information content (AvgIpc) is 2.64. The van der Waals surface area contributed by atoms with Crippen LogP contribution in [0.4, 0.5) is 4.39 Å². The number of carbonyl (C=O) groups excluding carboxylic acids is 3. The molecule has 0 saturated carbocycles. The first-order valence-corrected chi connectivity index (χ1v) is 9.27. The Hall–Kier alpha value is -2.44. The summed E-state index contributed by atoms with van der Waals surface area (Å²) in [5.41, 5.74) is 0.309. The van der Waals surface area contributed by atoms with Crippen LogP contribution >= 0.6 is 0 Å². The standard InChI is InChI=1S/C20H29FN2O4/c1-4-5-6-7-12-17(20(26)27-3)23-19(25)18(22-14(2)24)13-15-10-8-9-11-16(15)21/h8-11,17-18H,4-7,12-13H2,1-3H3,(H,22,24)(H,23,25)/t17-,18+/m1/s1. The zero-order valence-electron chi connectivity index (χ0n) is 16.2. The molecule has 1 aromatic carbocycles. The molecule has 2 atom stereocenters. The maximum absolute atomic E-state index is 13.9. The molecule has 7 heteroatoms. The van der Waals surface area contributed by atoms with E-state index < -0.39 is 35.7 Å². The maximum atomic E-state index is 13.9. The molecule has 2 N–H and O–H groups in total. The molecule has 0 aliphatic carbocycles. The first-order chi connectivity index (χ1) is 12.9. The second-order valence-corrected chi connectivity index (χ2v) is 6.48. The molecular weight excluding hydrogens is 351 g/mol. The Kier molecular flexibility index (Phi) is 10.1. The van der Waals surface area contributed by atoms with Crippen molar-refractivity contribution in [1.82, 2.24) is 10.6 Å². The van der Waals surface area contributed by atoms with Gasteiger partial charge in [0.15, 0.2) is 0 Å². The van der Waals surface area contributed by atoms with E-state index in [1.54, 1.807) is 18.2 Å². The fourth-order valence-electron chi connectivity index (χ4n) is 2.78. The molecule has 0 fully saturated rings. The lowest BCUT2D eigenvalue weighted by Gasteiger charge is -2.22. The van der Waals surface area contributed by atoms with Gasteiger partial charge in [-0.1, -0.05) is 50.8 Å². The number of hydrogen-bond donors (Lipinski definition) is 2. The zero-order chi connectivity index (χ0) is 20.2. The van der Waals surface area contributed by atoms with Gasteiger partial charge in [-0.25, -0.2) is 9.18 Å². The van der Waals surface area contributed by atoms with Crippen molar-refractivity contribution in [2.24, 2.45) is 0 Å². The first-order valence-electron chi connectivity index (χ1n) is 9.27. The highest BCUT2D eigenvalue weighted by molar-refractivity contribution is 5.90. The second-order valence-electron chi connectivity index (χ2n) is 6.48. The molecule has 2 amide bonds. The topological polar surface area (TPSA) is 84.5 Å². The number of ether oxygens (including phenoxy) is 1. The van der Waals surface area contributed by atoms with Gasteiger partial charge in [-0.2, -0.15) is 0 Å². The molecule has 0 spiro atoms. The van der Waals surface area contributed by atoms with Gasteiger partial charge in [0.25, 0.3) is 0 Å². The zero-order valence-corrected chi connectivity index (χ0v) is 16.2. The predicted octanol–water partition coefficient (Wildman–Crippen LogP) is 2.50. The molecule has 1 aromatic rings. The minimum atomic E-state index is -0.984. The van der Waals surface area contributed by atoms with E-state index in [0.717, 1.165) is 25.7 Å². The van der Waals surface area contributed by atoms with Crippen molar-refractivity contribution >= 4 is 17.8 Å². The fraction of sp³-hybridized carbons (Fsp3) is 0.550. The van der Waals surface area contributed by atoms with Crippen molar-refractivity contribution in [2.75, 3.05) is 7.11 Å². The van der Waals surface area contributed by atoms with E-state index >= 15 is 0 Å². The van der Waals surface area contributed by atoms with Gasteiger partial charge in [-0.15, -0.1) is 0 Å². The predicted molar refractivity (Wildman–Crippen MR) is 100 cm³/mol. The smallest absolute Gasteiger partial charge is 0.328 e. The molecule has 0 heterocycles. The van der Waals surface area contributed by atoms with E-state index in [9.17, 15) is 18.8 Å². The van der Waals surface area contributed by atoms with Crippen LogP contribution in [0.2, 0.25) is 0 Å². The van der Waals surface area contributed by atoms with Crippen LogP contribution in [0.5, 0.6) is 0 Å². The highest BCUT2D eigenvalue weighted by atomic mass is 19.1. The van der Waals surface area contributed by atoms with Gasteiger partial charge in [0, 0.05) is 13.3 Å². The Morgan fingerprint density at radius 1 is 1.07 bits per heavy atom. The molecule has 150 valence electrons. The van der Waals surface area contributed by atoms with E-state index in [2.05, 4.69) is 17.6 Å². The molecule has 0 aliphatic rings. The van der Waals surface area contributed by atoms with E-state index in [0.29, 0.717) is 12.0 Å². The SMILES string of the molecule is CCCCCC[C@@H](NC(=O)[C@H](Cc1ccccc1F)NC(C)=O)C(=O)OC. The summed E-state index contributed by atoms with van der Waals surface area (Å²) in [4.78, 5) is 36.1. The number of carbonyl (C=O) groups is 3. The van der Waals surface area contributed by atoms with Crippen LogP contribution in [0.15, 0.2) is 24.3 Å². The Balaban J connectivity index is 2.83. The van der Waals surface area contributed by atoms with Gasteiger partial charge >= 0.3 is 5.97 Å². The monoisotopic (exact) mass is 380 g/mol. The maximum Gasteiger partial charge on any atom is 0.328 e. The molecule has 0 aliphatic heterocycles. The van der Waals surface area contributed by atoms with Crippen LogP contribution in [0, 0.1) is 5.82 Å². The van der Waals surface area contributed by atoms with Crippen molar-refractivity contribution in [2.45, 2.75) is 64.5 Å². The van der Waals surface area contributed by atoms with Gasteiger partial charge in [-0.05, 0) is 18.1 Å². The van der Waals surface area contributed by atoms with Crippen LogP contribution in [0.25, 0.3) is 0 Å². The molecule has 0 bridgehead atoms. The summed E-state index contributed by atoms with van der Waals surface area (Å²) in [6.45, 7) is 3.37. The summed E-state index contributed by atoms with van der Waals surface area (Å²) >= 11 is 0. The number of unbranched alkanes of at least 4 members (excludes halogenated alkanes) is 3. The van der Waals surface area contributed by atoms with Crippen molar-refractivity contribution in [3.05, 3.63) is 35.6 Å². The van der Waals surface area contributed by atoms with Gasteiger partial charge < -0.3 is 15.4 Å². The number of nitrogens with one attached hydrogen (secondary N) is 2. The number of hydrogen-bond acceptors (Lipinski definition) is 4. The van der Waals surface area contributed by atoms with Gasteiger partial charge in [0.1, 0.15) is 17.9 Å². The van der Waals surface area contributed by atoms with Crippen molar-refractivity contribution in [3.63, 3.8) is 0 Å². The highest BCUT2D eigenvalue weighted by Gasteiger charge is 2.27. The lowest BCUT2D eigenvalue weighted by molar-refractivity contribution is -0.145. The Morgan fingerprint density at radius 3 is 2.37 bits per heavy atom. The van der Waals surface area contributed by atoms with Crippen LogP contribution in [-0.4, -0.2) is 37.0 Å². The Labute approximate surface area is 159 Å². The van der Waals surface area contributed by atoms with E-state index in [4.69, 9.17) is 4.74 Å². The number of rotatable bonds is 11. The third-order valence-corrected chi connectivity index (χ3v) is 4.22. The fourth-order valence-corrected chi connectivity index (χ4v) is 2.78. The molecule has 6 nitrogen and oxygen atoms in total. The van der Waals surface area contributed by atoms with Crippen LogP contribution in [-0.2, 0) is 25.5 Å². The molecule has 0 radical (unpaired) electrons. The molecule has 1 rings (SSSR count). The number of methoxy groups -OCH3 is 1. The average molecular weight is 380 g/mol. The van der Waals surface area contributed by atoms with E-state index in [1.165, 1.54) is 20.1 Å². The minimum Gasteiger partial charge on any atom is -0.467 e. The summed E-state index contributed by atoms with van der Waals surface area (Å²) in [6, 6.07) is 4.28. The third kappa shape index (κ3) is 8.19. The summed E-state index contributed by atoms with van der Waals surface area (Å²) < 4.78 is 18.7. The molecule has 27 heavy (non-hydrogen) atoms. The van der Waals surface area contributed by atoms with Crippen LogP contribution in [0.3, 0.4) is 0 Å². The van der Waals surface area contributed by atoms with Crippen molar-refractivity contribution in [1.29, 1.82) is 0 Å². The molecular formula is C20H29FN2O4. The number of halogens is 1. The summed E-state index contributed by atoms with van der Waals surface area (Å²) in [5.74, 6) is -1.94.